The molecule has 1 heterocycles. The summed E-state index contributed by atoms with van der Waals surface area (Å²) in [6.45, 7) is 3.14. The standard InChI is InChI=1S/C26H50O4/c1-3-4-19-24(30-26-22-17-18-23-29-26)20-15-13-11-9-7-5-6-8-10-12-14-16-21-25(27)28-2/h24,26H,3-23H2,1-2H3/t24-,26?/m1/s1. The van der Waals surface area contributed by atoms with Crippen molar-refractivity contribution in [1.29, 1.82) is 0 Å². The first-order valence-corrected chi connectivity index (χ1v) is 13.1. The number of unbranched alkanes of at least 4 members (excludes halogenated alkanes) is 12. The summed E-state index contributed by atoms with van der Waals surface area (Å²) >= 11 is 0. The molecule has 0 saturated carbocycles. The summed E-state index contributed by atoms with van der Waals surface area (Å²) in [5.74, 6) is -0.0720. The minimum Gasteiger partial charge on any atom is -0.469 e. The number of hydrogen-bond donors (Lipinski definition) is 0. The molecular weight excluding hydrogens is 376 g/mol. The molecule has 0 radical (unpaired) electrons. The van der Waals surface area contributed by atoms with Crippen LogP contribution in [0.25, 0.3) is 0 Å². The Morgan fingerprint density at radius 1 is 0.833 bits per heavy atom. The zero-order valence-electron chi connectivity index (χ0n) is 20.1. The SMILES string of the molecule is CCCC[C@H](CCCCCCCCCCCCCCC(=O)OC)OC1CCCCO1. The quantitative estimate of drug-likeness (QED) is 0.148. The van der Waals surface area contributed by atoms with Gasteiger partial charge in [0.05, 0.1) is 13.2 Å². The fourth-order valence-corrected chi connectivity index (χ4v) is 4.26. The van der Waals surface area contributed by atoms with Crippen molar-refractivity contribution in [2.75, 3.05) is 13.7 Å². The molecule has 1 unspecified atom stereocenters. The van der Waals surface area contributed by atoms with Gasteiger partial charge in [0.15, 0.2) is 6.29 Å². The number of carbonyl (C=O) groups is 1. The van der Waals surface area contributed by atoms with Crippen LogP contribution in [0, 0.1) is 0 Å². The van der Waals surface area contributed by atoms with Crippen LogP contribution in [0.1, 0.15) is 135 Å². The lowest BCUT2D eigenvalue weighted by Gasteiger charge is -2.28. The van der Waals surface area contributed by atoms with E-state index in [0.717, 1.165) is 25.9 Å². The Labute approximate surface area is 186 Å². The average molecular weight is 427 g/mol. The molecule has 1 saturated heterocycles. The van der Waals surface area contributed by atoms with Gasteiger partial charge >= 0.3 is 5.97 Å². The molecule has 1 rings (SSSR count). The number of rotatable bonds is 20. The number of carbonyl (C=O) groups excluding carboxylic acids is 1. The molecule has 30 heavy (non-hydrogen) atoms. The molecule has 4 nitrogen and oxygen atoms in total. The molecular formula is C26H50O4. The van der Waals surface area contributed by atoms with Gasteiger partial charge in [0, 0.05) is 13.0 Å². The highest BCUT2D eigenvalue weighted by molar-refractivity contribution is 5.68. The van der Waals surface area contributed by atoms with Crippen LogP contribution in [-0.2, 0) is 19.0 Å². The molecule has 0 aliphatic carbocycles. The molecule has 0 amide bonds. The average Bonchev–Trinajstić information content (AvgIpc) is 2.77. The minimum atomic E-state index is -0.0720. The van der Waals surface area contributed by atoms with Crippen molar-refractivity contribution < 1.29 is 19.0 Å². The third kappa shape index (κ3) is 16.1. The van der Waals surface area contributed by atoms with Gasteiger partial charge in [-0.2, -0.15) is 0 Å². The van der Waals surface area contributed by atoms with E-state index < -0.39 is 0 Å². The maximum Gasteiger partial charge on any atom is 0.305 e. The number of hydrogen-bond acceptors (Lipinski definition) is 4. The summed E-state index contributed by atoms with van der Waals surface area (Å²) in [5.41, 5.74) is 0. The Bertz CT molecular complexity index is 379. The first-order chi connectivity index (χ1) is 14.8. The van der Waals surface area contributed by atoms with Crippen LogP contribution in [0.5, 0.6) is 0 Å². The van der Waals surface area contributed by atoms with E-state index in [1.165, 1.54) is 110 Å². The van der Waals surface area contributed by atoms with Crippen molar-refractivity contribution in [1.82, 2.24) is 0 Å². The maximum atomic E-state index is 11.0. The maximum absolute atomic E-state index is 11.0. The predicted molar refractivity (Wildman–Crippen MR) is 125 cm³/mol. The van der Waals surface area contributed by atoms with Gasteiger partial charge in [-0.15, -0.1) is 0 Å². The van der Waals surface area contributed by atoms with E-state index in [9.17, 15) is 4.79 Å². The van der Waals surface area contributed by atoms with Gasteiger partial charge in [0.1, 0.15) is 0 Å². The van der Waals surface area contributed by atoms with Crippen molar-refractivity contribution in [3.8, 4) is 0 Å². The van der Waals surface area contributed by atoms with E-state index in [2.05, 4.69) is 11.7 Å². The molecule has 0 aromatic heterocycles. The molecule has 0 bridgehead atoms. The second kappa shape index (κ2) is 20.3. The normalized spacial score (nSPS) is 17.7. The lowest BCUT2D eigenvalue weighted by atomic mass is 10.0. The lowest BCUT2D eigenvalue weighted by Crippen LogP contribution is -2.28. The van der Waals surface area contributed by atoms with Gasteiger partial charge < -0.3 is 14.2 Å². The molecule has 178 valence electrons. The molecule has 4 heteroatoms. The van der Waals surface area contributed by atoms with Gasteiger partial charge in [0.2, 0.25) is 0 Å². The Kier molecular flexibility index (Phi) is 18.6. The van der Waals surface area contributed by atoms with Crippen LogP contribution in [-0.4, -0.2) is 32.1 Å². The van der Waals surface area contributed by atoms with Gasteiger partial charge in [-0.25, -0.2) is 0 Å². The van der Waals surface area contributed by atoms with Crippen molar-refractivity contribution in [2.24, 2.45) is 0 Å². The summed E-state index contributed by atoms with van der Waals surface area (Å²) in [5, 5.41) is 0. The van der Waals surface area contributed by atoms with E-state index in [0.29, 0.717) is 12.5 Å². The number of ether oxygens (including phenoxy) is 3. The molecule has 0 aromatic rings. The van der Waals surface area contributed by atoms with Gasteiger partial charge in [-0.3, -0.25) is 4.79 Å². The third-order valence-corrected chi connectivity index (χ3v) is 6.25. The summed E-state index contributed by atoms with van der Waals surface area (Å²) in [4.78, 5) is 11.0. The molecule has 2 atom stereocenters. The van der Waals surface area contributed by atoms with Crippen LogP contribution in [0.2, 0.25) is 0 Å². The van der Waals surface area contributed by atoms with E-state index in [4.69, 9.17) is 9.47 Å². The topological polar surface area (TPSA) is 44.8 Å². The zero-order valence-corrected chi connectivity index (χ0v) is 20.1. The van der Waals surface area contributed by atoms with Crippen molar-refractivity contribution in [2.45, 2.75) is 148 Å². The van der Waals surface area contributed by atoms with Crippen molar-refractivity contribution in [3.63, 3.8) is 0 Å². The first-order valence-electron chi connectivity index (χ1n) is 13.1. The summed E-state index contributed by atoms with van der Waals surface area (Å²) in [6, 6.07) is 0. The zero-order chi connectivity index (χ0) is 21.7. The molecule has 1 fully saturated rings. The second-order valence-electron chi connectivity index (χ2n) is 9.05. The van der Waals surface area contributed by atoms with Crippen LogP contribution in [0.3, 0.4) is 0 Å². The highest BCUT2D eigenvalue weighted by Crippen LogP contribution is 2.21. The van der Waals surface area contributed by atoms with Gasteiger partial charge in [0.25, 0.3) is 0 Å². The predicted octanol–water partition coefficient (Wildman–Crippen LogP) is 7.72. The van der Waals surface area contributed by atoms with E-state index in [-0.39, 0.29) is 12.3 Å². The largest absolute Gasteiger partial charge is 0.469 e. The highest BCUT2D eigenvalue weighted by Gasteiger charge is 2.19. The summed E-state index contributed by atoms with van der Waals surface area (Å²) in [6.07, 6.45) is 25.0. The van der Waals surface area contributed by atoms with Crippen LogP contribution in [0.4, 0.5) is 0 Å². The summed E-state index contributed by atoms with van der Waals surface area (Å²) in [7, 11) is 1.47. The molecule has 0 spiro atoms. The van der Waals surface area contributed by atoms with Crippen LogP contribution in [0.15, 0.2) is 0 Å². The molecule has 0 N–H and O–H groups in total. The van der Waals surface area contributed by atoms with Crippen molar-refractivity contribution in [3.05, 3.63) is 0 Å². The fraction of sp³-hybridized carbons (Fsp3) is 0.962. The number of esters is 1. The summed E-state index contributed by atoms with van der Waals surface area (Å²) < 4.78 is 16.7. The lowest BCUT2D eigenvalue weighted by molar-refractivity contribution is -0.190. The smallest absolute Gasteiger partial charge is 0.305 e. The molecule has 1 aliphatic rings. The highest BCUT2D eigenvalue weighted by atomic mass is 16.7. The fourth-order valence-electron chi connectivity index (χ4n) is 4.26. The van der Waals surface area contributed by atoms with E-state index >= 15 is 0 Å². The second-order valence-corrected chi connectivity index (χ2v) is 9.05. The number of methoxy groups -OCH3 is 1. The first kappa shape index (κ1) is 27.4. The molecule has 1 aliphatic heterocycles. The minimum absolute atomic E-state index is 0.0634. The van der Waals surface area contributed by atoms with E-state index in [1.54, 1.807) is 0 Å². The van der Waals surface area contributed by atoms with Gasteiger partial charge in [-0.1, -0.05) is 90.4 Å². The monoisotopic (exact) mass is 426 g/mol. The van der Waals surface area contributed by atoms with Gasteiger partial charge in [-0.05, 0) is 38.5 Å². The Morgan fingerprint density at radius 2 is 1.40 bits per heavy atom. The third-order valence-electron chi connectivity index (χ3n) is 6.25. The Morgan fingerprint density at radius 3 is 1.93 bits per heavy atom. The van der Waals surface area contributed by atoms with Crippen LogP contribution < -0.4 is 0 Å². The van der Waals surface area contributed by atoms with E-state index in [1.807, 2.05) is 0 Å². The van der Waals surface area contributed by atoms with Crippen molar-refractivity contribution >= 4 is 5.97 Å². The Balaban J connectivity index is 1.89. The molecule has 0 aromatic carbocycles. The van der Waals surface area contributed by atoms with Crippen LogP contribution >= 0.6 is 0 Å². The Hall–Kier alpha value is -0.610.